The Labute approximate surface area is 108 Å². The molecule has 0 aliphatic heterocycles. The van der Waals surface area contributed by atoms with E-state index in [9.17, 15) is 4.39 Å². The van der Waals surface area contributed by atoms with Crippen LogP contribution in [0.5, 0.6) is 0 Å². The summed E-state index contributed by atoms with van der Waals surface area (Å²) >= 11 is 0. The van der Waals surface area contributed by atoms with Crippen molar-refractivity contribution in [3.63, 3.8) is 0 Å². The van der Waals surface area contributed by atoms with Crippen LogP contribution in [-0.2, 0) is 0 Å². The average Bonchev–Trinajstić information content (AvgIpc) is 2.97. The van der Waals surface area contributed by atoms with Gasteiger partial charge in [-0.1, -0.05) is 17.3 Å². The quantitative estimate of drug-likeness (QED) is 0.762. The smallest absolute Gasteiger partial charge is 0.230 e. The van der Waals surface area contributed by atoms with Crippen LogP contribution in [0.2, 0.25) is 0 Å². The van der Waals surface area contributed by atoms with E-state index in [-0.39, 0.29) is 11.7 Å². The molecule has 2 heterocycles. The Morgan fingerprint density at radius 2 is 1.89 bits per heavy atom. The summed E-state index contributed by atoms with van der Waals surface area (Å²) in [5.74, 6) is 0.610. The molecule has 0 amide bonds. The zero-order valence-electron chi connectivity index (χ0n) is 10.2. The normalized spacial score (nSPS) is 10.8. The number of anilines is 1. The van der Waals surface area contributed by atoms with E-state index in [0.29, 0.717) is 11.3 Å². The van der Waals surface area contributed by atoms with E-state index in [1.54, 1.807) is 24.5 Å². The van der Waals surface area contributed by atoms with Crippen molar-refractivity contribution in [1.29, 1.82) is 0 Å². The molecule has 0 aliphatic carbocycles. The van der Waals surface area contributed by atoms with E-state index in [1.807, 2.05) is 6.92 Å². The summed E-state index contributed by atoms with van der Waals surface area (Å²) in [6.07, 6.45) is 1.57. The van der Waals surface area contributed by atoms with Gasteiger partial charge in [-0.05, 0) is 30.7 Å². The second kappa shape index (κ2) is 4.28. The van der Waals surface area contributed by atoms with E-state index in [0.717, 1.165) is 16.9 Å². The Kier molecular flexibility index (Phi) is 2.59. The van der Waals surface area contributed by atoms with Crippen molar-refractivity contribution in [1.82, 2.24) is 5.16 Å². The zero-order chi connectivity index (χ0) is 13.4. The van der Waals surface area contributed by atoms with Crippen molar-refractivity contribution < 1.29 is 13.3 Å². The molecule has 4 nitrogen and oxygen atoms in total. The third-order valence-corrected chi connectivity index (χ3v) is 2.97. The number of furan rings is 1. The molecule has 2 aromatic heterocycles. The van der Waals surface area contributed by atoms with Crippen molar-refractivity contribution in [2.75, 3.05) is 5.73 Å². The minimum atomic E-state index is -0.306. The van der Waals surface area contributed by atoms with E-state index in [1.165, 1.54) is 12.1 Å². The van der Waals surface area contributed by atoms with Gasteiger partial charge in [0.1, 0.15) is 17.3 Å². The molecule has 3 rings (SSSR count). The zero-order valence-corrected chi connectivity index (χ0v) is 10.2. The molecule has 5 heteroatoms. The van der Waals surface area contributed by atoms with Crippen LogP contribution in [-0.4, -0.2) is 5.16 Å². The number of nitrogen functional groups attached to an aromatic ring is 1. The number of hydrogen-bond donors (Lipinski definition) is 1. The van der Waals surface area contributed by atoms with Crippen LogP contribution < -0.4 is 5.73 Å². The molecule has 19 heavy (non-hydrogen) atoms. The number of nitrogens with two attached hydrogens (primary N) is 1. The van der Waals surface area contributed by atoms with Gasteiger partial charge in [0.2, 0.25) is 5.88 Å². The highest BCUT2D eigenvalue weighted by Crippen LogP contribution is 2.37. The topological polar surface area (TPSA) is 65.2 Å². The van der Waals surface area contributed by atoms with Crippen molar-refractivity contribution in [2.45, 2.75) is 6.92 Å². The van der Waals surface area contributed by atoms with Gasteiger partial charge in [0.15, 0.2) is 0 Å². The molecule has 0 spiro atoms. The van der Waals surface area contributed by atoms with Gasteiger partial charge in [-0.25, -0.2) is 4.39 Å². The lowest BCUT2D eigenvalue weighted by atomic mass is 10.0. The number of nitrogens with zero attached hydrogens (tertiary/aromatic N) is 1. The number of benzene rings is 1. The Balaban J connectivity index is 2.19. The third kappa shape index (κ3) is 1.89. The first-order valence-corrected chi connectivity index (χ1v) is 5.72. The maximum Gasteiger partial charge on any atom is 0.230 e. The van der Waals surface area contributed by atoms with Gasteiger partial charge < -0.3 is 14.7 Å². The molecule has 1 aromatic carbocycles. The summed E-state index contributed by atoms with van der Waals surface area (Å²) < 4.78 is 23.3. The van der Waals surface area contributed by atoms with Crippen LogP contribution in [0.25, 0.3) is 22.4 Å². The molecule has 2 N–H and O–H groups in total. The van der Waals surface area contributed by atoms with Crippen molar-refractivity contribution in [3.05, 3.63) is 48.2 Å². The van der Waals surface area contributed by atoms with Crippen LogP contribution in [0.15, 0.2) is 45.5 Å². The maximum absolute atomic E-state index is 13.0. The first kappa shape index (κ1) is 11.5. The van der Waals surface area contributed by atoms with E-state index >= 15 is 0 Å². The van der Waals surface area contributed by atoms with Crippen LogP contribution in [0.1, 0.15) is 5.76 Å². The second-order valence-electron chi connectivity index (χ2n) is 4.17. The fourth-order valence-corrected chi connectivity index (χ4v) is 2.01. The Morgan fingerprint density at radius 3 is 2.53 bits per heavy atom. The average molecular weight is 258 g/mol. The highest BCUT2D eigenvalue weighted by atomic mass is 19.1. The Bertz CT molecular complexity index is 713. The number of halogens is 1. The highest BCUT2D eigenvalue weighted by Gasteiger charge is 2.19. The minimum Gasteiger partial charge on any atom is -0.469 e. The number of hydrogen-bond acceptors (Lipinski definition) is 4. The highest BCUT2D eigenvalue weighted by molar-refractivity contribution is 5.87. The van der Waals surface area contributed by atoms with Crippen LogP contribution in [0.4, 0.5) is 10.3 Å². The summed E-state index contributed by atoms with van der Waals surface area (Å²) in [5.41, 5.74) is 8.60. The summed E-state index contributed by atoms with van der Waals surface area (Å²) in [4.78, 5) is 0. The van der Waals surface area contributed by atoms with E-state index in [2.05, 4.69) is 5.16 Å². The molecule has 0 saturated carbocycles. The molecular formula is C14H11FN2O2. The Hall–Kier alpha value is -2.56. The number of rotatable bonds is 2. The summed E-state index contributed by atoms with van der Waals surface area (Å²) in [7, 11) is 0. The van der Waals surface area contributed by atoms with Gasteiger partial charge in [0.25, 0.3) is 0 Å². The Morgan fingerprint density at radius 1 is 1.16 bits per heavy atom. The fraction of sp³-hybridized carbons (Fsp3) is 0.0714. The van der Waals surface area contributed by atoms with Crippen molar-refractivity contribution in [2.24, 2.45) is 0 Å². The predicted octanol–water partition coefficient (Wildman–Crippen LogP) is 3.63. The fourth-order valence-electron chi connectivity index (χ4n) is 2.01. The maximum atomic E-state index is 13.0. The standard InChI is InChI=1S/C14H11FN2O2/c1-8-11(6-7-18-8)13-12(14(16)19-17-13)9-2-4-10(15)5-3-9/h2-7H,16H2,1H3. The van der Waals surface area contributed by atoms with Gasteiger partial charge in [0, 0.05) is 5.56 Å². The molecule has 0 aliphatic rings. The minimum absolute atomic E-state index is 0.196. The molecule has 0 atom stereocenters. The third-order valence-electron chi connectivity index (χ3n) is 2.97. The molecule has 0 radical (unpaired) electrons. The van der Waals surface area contributed by atoms with E-state index in [4.69, 9.17) is 14.7 Å². The summed E-state index contributed by atoms with van der Waals surface area (Å²) in [6, 6.07) is 7.80. The summed E-state index contributed by atoms with van der Waals surface area (Å²) in [6.45, 7) is 1.83. The number of aryl methyl sites for hydroxylation is 1. The molecular weight excluding hydrogens is 247 g/mol. The SMILES string of the molecule is Cc1occc1-c1noc(N)c1-c1ccc(F)cc1. The lowest BCUT2D eigenvalue weighted by Gasteiger charge is -2.01. The summed E-state index contributed by atoms with van der Waals surface area (Å²) in [5, 5.41) is 3.96. The first-order chi connectivity index (χ1) is 9.16. The van der Waals surface area contributed by atoms with Gasteiger partial charge in [-0.2, -0.15) is 0 Å². The van der Waals surface area contributed by atoms with Crippen LogP contribution in [0.3, 0.4) is 0 Å². The first-order valence-electron chi connectivity index (χ1n) is 5.72. The molecule has 96 valence electrons. The largest absolute Gasteiger partial charge is 0.469 e. The second-order valence-corrected chi connectivity index (χ2v) is 4.17. The van der Waals surface area contributed by atoms with Crippen molar-refractivity contribution >= 4 is 5.88 Å². The molecule has 0 bridgehead atoms. The molecule has 0 fully saturated rings. The predicted molar refractivity (Wildman–Crippen MR) is 68.7 cm³/mol. The van der Waals surface area contributed by atoms with Gasteiger partial charge in [-0.3, -0.25) is 0 Å². The monoisotopic (exact) mass is 258 g/mol. The lowest BCUT2D eigenvalue weighted by Crippen LogP contribution is -1.88. The lowest BCUT2D eigenvalue weighted by molar-refractivity contribution is 0.439. The van der Waals surface area contributed by atoms with Crippen LogP contribution in [0, 0.1) is 12.7 Å². The van der Waals surface area contributed by atoms with E-state index < -0.39 is 0 Å². The van der Waals surface area contributed by atoms with Gasteiger partial charge in [0.05, 0.1) is 11.8 Å². The van der Waals surface area contributed by atoms with Gasteiger partial charge >= 0.3 is 0 Å². The number of aromatic nitrogens is 1. The molecule has 0 saturated heterocycles. The van der Waals surface area contributed by atoms with Crippen molar-refractivity contribution in [3.8, 4) is 22.4 Å². The van der Waals surface area contributed by atoms with Crippen LogP contribution >= 0.6 is 0 Å². The molecule has 0 unspecified atom stereocenters. The van der Waals surface area contributed by atoms with Gasteiger partial charge in [-0.15, -0.1) is 0 Å². The molecule has 3 aromatic rings.